The second-order valence-electron chi connectivity index (χ2n) is 4.15. The number of esters is 1. The average Bonchev–Trinajstić information content (AvgIpc) is 2.46. The van der Waals surface area contributed by atoms with Gasteiger partial charge in [0.1, 0.15) is 0 Å². The van der Waals surface area contributed by atoms with Crippen molar-refractivity contribution in [3.8, 4) is 0 Å². The van der Waals surface area contributed by atoms with Crippen LogP contribution >= 0.6 is 0 Å². The lowest BCUT2D eigenvalue weighted by Gasteiger charge is -2.14. The van der Waals surface area contributed by atoms with Gasteiger partial charge in [-0.05, 0) is 17.7 Å². The van der Waals surface area contributed by atoms with Crippen LogP contribution in [0, 0.1) is 0 Å². The number of alkyl halides is 2. The van der Waals surface area contributed by atoms with Gasteiger partial charge in [0.2, 0.25) is 5.78 Å². The molecule has 0 aliphatic rings. The van der Waals surface area contributed by atoms with Gasteiger partial charge in [0.15, 0.2) is 0 Å². The average molecular weight is 278 g/mol. The molecule has 20 heavy (non-hydrogen) atoms. The van der Waals surface area contributed by atoms with Gasteiger partial charge in [0.25, 0.3) is 0 Å². The molecule has 0 unspecified atom stereocenters. The van der Waals surface area contributed by atoms with Crippen LogP contribution < -0.4 is 0 Å². The first-order valence-electron chi connectivity index (χ1n) is 6.06. The number of hydrogen-bond donors (Lipinski definition) is 0. The fraction of sp³-hybridized carbons (Fsp3) is 0.200. The third-order valence-electron chi connectivity index (χ3n) is 2.85. The molecule has 3 nitrogen and oxygen atoms in total. The van der Waals surface area contributed by atoms with Gasteiger partial charge in [-0.2, -0.15) is 8.78 Å². The van der Waals surface area contributed by atoms with Crippen molar-refractivity contribution in [2.45, 2.75) is 12.8 Å². The predicted molar refractivity (Wildman–Crippen MR) is 69.9 cm³/mol. The number of fused-ring (bicyclic) bond motifs is 1. The van der Waals surface area contributed by atoms with E-state index in [0.717, 1.165) is 0 Å². The summed E-state index contributed by atoms with van der Waals surface area (Å²) in [5.74, 6) is -7.55. The monoisotopic (exact) mass is 278 g/mol. The van der Waals surface area contributed by atoms with Crippen LogP contribution in [0.4, 0.5) is 8.78 Å². The molecule has 0 radical (unpaired) electrons. The Hall–Kier alpha value is -2.30. The molecule has 0 heterocycles. The highest BCUT2D eigenvalue weighted by Crippen LogP contribution is 2.27. The van der Waals surface area contributed by atoms with Crippen LogP contribution in [0.25, 0.3) is 10.8 Å². The van der Waals surface area contributed by atoms with Gasteiger partial charge in [0.05, 0.1) is 6.61 Å². The summed E-state index contributed by atoms with van der Waals surface area (Å²) >= 11 is 0. The van der Waals surface area contributed by atoms with Crippen molar-refractivity contribution in [1.29, 1.82) is 0 Å². The van der Waals surface area contributed by atoms with Gasteiger partial charge in [0, 0.05) is 5.56 Å². The van der Waals surface area contributed by atoms with Crippen molar-refractivity contribution in [2.24, 2.45) is 0 Å². The molecule has 0 saturated carbocycles. The SMILES string of the molecule is CCOC(=O)C(F)(F)C(=O)c1cccc2ccccc12. The highest BCUT2D eigenvalue weighted by atomic mass is 19.3. The summed E-state index contributed by atoms with van der Waals surface area (Å²) in [5, 5.41) is 1.03. The lowest BCUT2D eigenvalue weighted by atomic mass is 9.98. The number of carbonyl (C=O) groups excluding carboxylic acids is 2. The second kappa shape index (κ2) is 5.36. The van der Waals surface area contributed by atoms with E-state index in [-0.39, 0.29) is 12.2 Å². The molecule has 2 aromatic carbocycles. The molecule has 0 atom stereocenters. The van der Waals surface area contributed by atoms with Crippen molar-refractivity contribution in [2.75, 3.05) is 6.61 Å². The Bertz CT molecular complexity index is 660. The normalized spacial score (nSPS) is 11.3. The van der Waals surface area contributed by atoms with E-state index in [1.807, 2.05) is 0 Å². The molecule has 0 spiro atoms. The Kier molecular flexibility index (Phi) is 3.79. The van der Waals surface area contributed by atoms with Crippen LogP contribution in [0.5, 0.6) is 0 Å². The third-order valence-corrected chi connectivity index (χ3v) is 2.85. The van der Waals surface area contributed by atoms with Crippen molar-refractivity contribution in [3.63, 3.8) is 0 Å². The zero-order valence-corrected chi connectivity index (χ0v) is 10.7. The van der Waals surface area contributed by atoms with Crippen LogP contribution in [0.3, 0.4) is 0 Å². The fourth-order valence-electron chi connectivity index (χ4n) is 1.91. The maximum atomic E-state index is 13.8. The van der Waals surface area contributed by atoms with Gasteiger partial charge in [-0.3, -0.25) is 4.79 Å². The fourth-order valence-corrected chi connectivity index (χ4v) is 1.91. The van der Waals surface area contributed by atoms with E-state index in [1.54, 1.807) is 30.3 Å². The van der Waals surface area contributed by atoms with Crippen molar-refractivity contribution in [1.82, 2.24) is 0 Å². The summed E-state index contributed by atoms with van der Waals surface area (Å²) in [6, 6.07) is 11.1. The van der Waals surface area contributed by atoms with E-state index in [0.29, 0.717) is 10.8 Å². The second-order valence-corrected chi connectivity index (χ2v) is 4.15. The van der Waals surface area contributed by atoms with Gasteiger partial charge >= 0.3 is 11.9 Å². The first-order chi connectivity index (χ1) is 9.48. The van der Waals surface area contributed by atoms with Gasteiger partial charge in [-0.1, -0.05) is 42.5 Å². The minimum atomic E-state index is -4.18. The Morgan fingerprint density at radius 1 is 1.10 bits per heavy atom. The highest BCUT2D eigenvalue weighted by molar-refractivity contribution is 6.19. The first kappa shape index (κ1) is 14.1. The summed E-state index contributed by atoms with van der Waals surface area (Å²) in [6.45, 7) is 1.19. The summed E-state index contributed by atoms with van der Waals surface area (Å²) < 4.78 is 31.8. The van der Waals surface area contributed by atoms with Gasteiger partial charge < -0.3 is 4.74 Å². The van der Waals surface area contributed by atoms with E-state index < -0.39 is 17.7 Å². The number of ketones is 1. The van der Waals surface area contributed by atoms with E-state index in [4.69, 9.17) is 0 Å². The summed E-state index contributed by atoms with van der Waals surface area (Å²) in [6.07, 6.45) is 0. The molecule has 0 amide bonds. The van der Waals surface area contributed by atoms with Crippen molar-refractivity contribution < 1.29 is 23.1 Å². The third kappa shape index (κ3) is 2.39. The van der Waals surface area contributed by atoms with Crippen LogP contribution in [0.2, 0.25) is 0 Å². The largest absolute Gasteiger partial charge is 0.461 e. The molecule has 2 rings (SSSR count). The molecule has 0 N–H and O–H groups in total. The van der Waals surface area contributed by atoms with E-state index in [2.05, 4.69) is 4.74 Å². The zero-order valence-electron chi connectivity index (χ0n) is 10.7. The molecule has 2 aromatic rings. The number of ether oxygens (including phenoxy) is 1. The number of benzene rings is 2. The Balaban J connectivity index is 2.48. The molecular weight excluding hydrogens is 266 g/mol. The zero-order chi connectivity index (χ0) is 14.8. The molecular formula is C15H12F2O3. The number of hydrogen-bond acceptors (Lipinski definition) is 3. The molecule has 0 bridgehead atoms. The quantitative estimate of drug-likeness (QED) is 0.490. The number of rotatable bonds is 4. The van der Waals surface area contributed by atoms with Gasteiger partial charge in [-0.25, -0.2) is 4.79 Å². The Labute approximate surface area is 114 Å². The van der Waals surface area contributed by atoms with E-state index in [1.165, 1.54) is 19.1 Å². The van der Waals surface area contributed by atoms with Crippen LogP contribution in [-0.4, -0.2) is 24.3 Å². The maximum Gasteiger partial charge on any atom is 0.404 e. The lowest BCUT2D eigenvalue weighted by molar-refractivity contribution is -0.164. The molecule has 0 aliphatic heterocycles. The predicted octanol–water partition coefficient (Wildman–Crippen LogP) is 3.22. The topological polar surface area (TPSA) is 43.4 Å². The number of carbonyl (C=O) groups is 2. The molecule has 104 valence electrons. The van der Waals surface area contributed by atoms with Gasteiger partial charge in [-0.15, -0.1) is 0 Å². The van der Waals surface area contributed by atoms with Crippen LogP contribution in [0.1, 0.15) is 17.3 Å². The van der Waals surface area contributed by atoms with Crippen LogP contribution in [0.15, 0.2) is 42.5 Å². The van der Waals surface area contributed by atoms with Crippen molar-refractivity contribution >= 4 is 22.5 Å². The lowest BCUT2D eigenvalue weighted by Crippen LogP contribution is -2.39. The van der Waals surface area contributed by atoms with E-state index >= 15 is 0 Å². The first-order valence-corrected chi connectivity index (χ1v) is 6.06. The Morgan fingerprint density at radius 2 is 1.75 bits per heavy atom. The molecule has 0 aromatic heterocycles. The molecule has 0 fully saturated rings. The summed E-state index contributed by atoms with van der Waals surface area (Å²) in [5.41, 5.74) is -0.193. The number of halogens is 2. The number of Topliss-reactive ketones (excluding diaryl/α,β-unsaturated/α-hetero) is 1. The highest BCUT2D eigenvalue weighted by Gasteiger charge is 2.49. The summed E-state index contributed by atoms with van der Waals surface area (Å²) in [4.78, 5) is 23.2. The maximum absolute atomic E-state index is 13.8. The smallest absolute Gasteiger partial charge is 0.404 e. The molecule has 0 saturated heterocycles. The minimum Gasteiger partial charge on any atom is -0.461 e. The molecule has 5 heteroatoms. The van der Waals surface area contributed by atoms with Crippen LogP contribution in [-0.2, 0) is 9.53 Å². The Morgan fingerprint density at radius 3 is 2.45 bits per heavy atom. The van der Waals surface area contributed by atoms with E-state index in [9.17, 15) is 18.4 Å². The minimum absolute atomic E-state index is 0.193. The standard InChI is InChI=1S/C15H12F2O3/c1-2-20-14(19)15(16,17)13(18)12-9-5-7-10-6-3-4-8-11(10)12/h3-9H,2H2,1H3. The summed E-state index contributed by atoms with van der Waals surface area (Å²) in [7, 11) is 0. The molecule has 0 aliphatic carbocycles. The van der Waals surface area contributed by atoms with Crippen molar-refractivity contribution in [3.05, 3.63) is 48.0 Å².